The topological polar surface area (TPSA) is 72.0 Å². The van der Waals surface area contributed by atoms with Crippen LogP contribution in [0.4, 0.5) is 0 Å². The van der Waals surface area contributed by atoms with Crippen molar-refractivity contribution in [3.8, 4) is 11.5 Å². The minimum Gasteiger partial charge on any atom is -0.494 e. The van der Waals surface area contributed by atoms with E-state index >= 15 is 0 Å². The maximum Gasteiger partial charge on any atom is 0.343 e. The van der Waals surface area contributed by atoms with E-state index in [4.69, 9.17) is 21.7 Å². The molecular weight excluding hydrogens is 446 g/mol. The van der Waals surface area contributed by atoms with Gasteiger partial charge in [0.25, 0.3) is 0 Å². The van der Waals surface area contributed by atoms with Crippen molar-refractivity contribution >= 4 is 40.3 Å². The van der Waals surface area contributed by atoms with E-state index in [0.717, 1.165) is 23.6 Å². The highest BCUT2D eigenvalue weighted by Gasteiger charge is 2.15. The van der Waals surface area contributed by atoms with Gasteiger partial charge in [0, 0.05) is 11.6 Å². The smallest absolute Gasteiger partial charge is 0.343 e. The molecule has 1 aliphatic rings. The Morgan fingerprint density at radius 2 is 1.82 bits per heavy atom. The Kier molecular flexibility index (Phi) is 8.09. The predicted molar refractivity (Wildman–Crippen MR) is 140 cm³/mol. The number of ether oxygens (including phenoxy) is 2. The van der Waals surface area contributed by atoms with E-state index in [2.05, 4.69) is 15.8 Å². The van der Waals surface area contributed by atoms with Crippen molar-refractivity contribution in [2.45, 2.75) is 45.1 Å². The van der Waals surface area contributed by atoms with Crippen molar-refractivity contribution in [3.05, 3.63) is 71.8 Å². The number of hydrazone groups is 1. The fourth-order valence-electron chi connectivity index (χ4n) is 4.13. The molecule has 0 amide bonds. The Bertz CT molecular complexity index is 1170. The second-order valence-corrected chi connectivity index (χ2v) is 8.63. The fourth-order valence-corrected chi connectivity index (χ4v) is 4.35. The van der Waals surface area contributed by atoms with E-state index in [-0.39, 0.29) is 0 Å². The Morgan fingerprint density at radius 3 is 2.59 bits per heavy atom. The van der Waals surface area contributed by atoms with Crippen molar-refractivity contribution in [2.24, 2.45) is 5.10 Å². The van der Waals surface area contributed by atoms with Gasteiger partial charge in [-0.15, -0.1) is 0 Å². The zero-order valence-electron chi connectivity index (χ0n) is 19.3. The van der Waals surface area contributed by atoms with E-state index in [0.29, 0.717) is 40.4 Å². The number of hydrogen-bond acceptors (Lipinski definition) is 5. The molecule has 176 valence electrons. The van der Waals surface area contributed by atoms with Gasteiger partial charge in [0.15, 0.2) is 5.11 Å². The molecule has 1 aliphatic carbocycles. The van der Waals surface area contributed by atoms with Crippen LogP contribution in [0.3, 0.4) is 0 Å². The summed E-state index contributed by atoms with van der Waals surface area (Å²) in [7, 11) is 0. The summed E-state index contributed by atoms with van der Waals surface area (Å²) in [5.41, 5.74) is 4.05. The summed E-state index contributed by atoms with van der Waals surface area (Å²) in [6.07, 6.45) is 7.64. The summed E-state index contributed by atoms with van der Waals surface area (Å²) in [5.74, 6) is 0.686. The van der Waals surface area contributed by atoms with E-state index in [1.807, 2.05) is 37.3 Å². The molecule has 2 N–H and O–H groups in total. The molecule has 6 nitrogen and oxygen atoms in total. The standard InChI is InChI=1S/C27H29N3O3S/c1-2-32-22-15-12-20(13-16-22)26(31)33-25-17-14-19-8-6-7-11-23(19)24(25)18-28-30-27(34)29-21-9-4-3-5-10-21/h6-8,11-18,21H,2-5,9-10H2,1H3,(H2,29,30,34)/b28-18-. The van der Waals surface area contributed by atoms with Crippen molar-refractivity contribution in [1.82, 2.24) is 10.7 Å². The zero-order valence-corrected chi connectivity index (χ0v) is 20.1. The first-order valence-corrected chi connectivity index (χ1v) is 12.1. The van der Waals surface area contributed by atoms with Crippen LogP contribution in [0.1, 0.15) is 54.9 Å². The molecule has 1 fully saturated rings. The summed E-state index contributed by atoms with van der Waals surface area (Å²) < 4.78 is 11.2. The maximum absolute atomic E-state index is 12.8. The average Bonchev–Trinajstić information content (AvgIpc) is 2.86. The van der Waals surface area contributed by atoms with Crippen LogP contribution in [0.25, 0.3) is 10.8 Å². The van der Waals surface area contributed by atoms with Gasteiger partial charge < -0.3 is 14.8 Å². The lowest BCUT2D eigenvalue weighted by atomic mass is 9.96. The van der Waals surface area contributed by atoms with Gasteiger partial charge in [0.1, 0.15) is 11.5 Å². The molecule has 0 aliphatic heterocycles. The van der Waals surface area contributed by atoms with Crippen LogP contribution in [-0.2, 0) is 0 Å². The van der Waals surface area contributed by atoms with Gasteiger partial charge in [0.05, 0.1) is 18.4 Å². The maximum atomic E-state index is 12.8. The van der Waals surface area contributed by atoms with E-state index < -0.39 is 5.97 Å². The highest BCUT2D eigenvalue weighted by Crippen LogP contribution is 2.27. The third-order valence-corrected chi connectivity index (χ3v) is 6.04. The molecule has 1 saturated carbocycles. The predicted octanol–water partition coefficient (Wildman–Crippen LogP) is 5.59. The summed E-state index contributed by atoms with van der Waals surface area (Å²) in [4.78, 5) is 12.8. The van der Waals surface area contributed by atoms with Crippen molar-refractivity contribution in [2.75, 3.05) is 6.61 Å². The van der Waals surface area contributed by atoms with Gasteiger partial charge in [-0.05, 0) is 73.1 Å². The van der Waals surface area contributed by atoms with E-state index in [1.54, 1.807) is 36.5 Å². The van der Waals surface area contributed by atoms with Crippen LogP contribution in [-0.4, -0.2) is 29.9 Å². The Balaban J connectivity index is 1.51. The van der Waals surface area contributed by atoms with Gasteiger partial charge in [-0.25, -0.2) is 4.79 Å². The van der Waals surface area contributed by atoms with Crippen molar-refractivity contribution < 1.29 is 14.3 Å². The number of rotatable bonds is 7. The molecule has 3 aromatic rings. The molecule has 34 heavy (non-hydrogen) atoms. The normalized spacial score (nSPS) is 14.1. The van der Waals surface area contributed by atoms with Crippen LogP contribution in [0.15, 0.2) is 65.8 Å². The van der Waals surface area contributed by atoms with Crippen LogP contribution < -0.4 is 20.2 Å². The molecule has 0 saturated heterocycles. The molecule has 0 heterocycles. The summed E-state index contributed by atoms with van der Waals surface area (Å²) in [5, 5.41) is 10.1. The highest BCUT2D eigenvalue weighted by molar-refractivity contribution is 7.80. The summed E-state index contributed by atoms with van der Waals surface area (Å²) in [6, 6.07) is 18.9. The third-order valence-electron chi connectivity index (χ3n) is 5.83. The number of carbonyl (C=O) groups excluding carboxylic acids is 1. The lowest BCUT2D eigenvalue weighted by molar-refractivity contribution is 0.0734. The second-order valence-electron chi connectivity index (χ2n) is 8.22. The van der Waals surface area contributed by atoms with Gasteiger partial charge >= 0.3 is 5.97 Å². The minimum absolute atomic E-state index is 0.395. The second kappa shape index (κ2) is 11.6. The number of hydrogen-bond donors (Lipinski definition) is 2. The van der Waals surface area contributed by atoms with Crippen LogP contribution in [0.5, 0.6) is 11.5 Å². The fraction of sp³-hybridized carbons (Fsp3) is 0.296. The molecule has 0 bridgehead atoms. The molecule has 7 heteroatoms. The van der Waals surface area contributed by atoms with E-state index in [9.17, 15) is 4.79 Å². The number of esters is 1. The highest BCUT2D eigenvalue weighted by atomic mass is 32.1. The lowest BCUT2D eigenvalue weighted by Gasteiger charge is -2.23. The Hall–Kier alpha value is -3.45. The van der Waals surface area contributed by atoms with Gasteiger partial charge in [-0.2, -0.15) is 5.10 Å². The first-order chi connectivity index (χ1) is 16.6. The third kappa shape index (κ3) is 6.11. The number of nitrogens with zero attached hydrogens (tertiary/aromatic N) is 1. The molecule has 0 aromatic heterocycles. The molecule has 0 unspecified atom stereocenters. The molecule has 4 rings (SSSR count). The molecule has 0 atom stereocenters. The van der Waals surface area contributed by atoms with Gasteiger partial charge in [-0.1, -0.05) is 49.6 Å². The van der Waals surface area contributed by atoms with Gasteiger partial charge in [-0.3, -0.25) is 5.43 Å². The quantitative estimate of drug-likeness (QED) is 0.153. The van der Waals surface area contributed by atoms with Crippen LogP contribution in [0.2, 0.25) is 0 Å². The number of thiocarbonyl (C=S) groups is 1. The van der Waals surface area contributed by atoms with Crippen LogP contribution >= 0.6 is 12.2 Å². The molecule has 0 radical (unpaired) electrons. The largest absolute Gasteiger partial charge is 0.494 e. The molecule has 0 spiro atoms. The van der Waals surface area contributed by atoms with Gasteiger partial charge in [0.2, 0.25) is 0 Å². The lowest BCUT2D eigenvalue weighted by Crippen LogP contribution is -2.40. The molecular formula is C27H29N3O3S. The average molecular weight is 476 g/mol. The Morgan fingerprint density at radius 1 is 1.06 bits per heavy atom. The summed E-state index contributed by atoms with van der Waals surface area (Å²) in [6.45, 7) is 2.48. The minimum atomic E-state index is -0.449. The first-order valence-electron chi connectivity index (χ1n) is 11.7. The Labute approximate surface area is 205 Å². The monoisotopic (exact) mass is 475 g/mol. The number of benzene rings is 3. The SMILES string of the molecule is CCOc1ccc(C(=O)Oc2ccc3ccccc3c2/C=N\NC(=S)NC2CCCCC2)cc1. The zero-order chi connectivity index (χ0) is 23.8. The number of fused-ring (bicyclic) bond motifs is 1. The number of nitrogens with one attached hydrogen (secondary N) is 2. The van der Waals surface area contributed by atoms with E-state index in [1.165, 1.54) is 19.3 Å². The van der Waals surface area contributed by atoms with Crippen LogP contribution in [0, 0.1) is 0 Å². The molecule has 3 aromatic carbocycles. The van der Waals surface area contributed by atoms with Crippen molar-refractivity contribution in [3.63, 3.8) is 0 Å². The van der Waals surface area contributed by atoms with Crippen molar-refractivity contribution in [1.29, 1.82) is 0 Å². The number of carbonyl (C=O) groups is 1. The first kappa shape index (κ1) is 23.7. The summed E-state index contributed by atoms with van der Waals surface area (Å²) >= 11 is 5.41.